The first kappa shape index (κ1) is 10.6. The number of carboxylic acids is 1. The number of aromatic nitrogens is 1. The van der Waals surface area contributed by atoms with E-state index in [-0.39, 0.29) is 0 Å². The van der Waals surface area contributed by atoms with E-state index in [0.29, 0.717) is 10.9 Å². The van der Waals surface area contributed by atoms with Gasteiger partial charge >= 0.3 is 5.97 Å². The van der Waals surface area contributed by atoms with Crippen LogP contribution in [0.15, 0.2) is 24.3 Å². The number of aromatic carboxylic acids is 1. The van der Waals surface area contributed by atoms with Crippen LogP contribution in [0.3, 0.4) is 0 Å². The molecular weight excluding hydrogens is 202 g/mol. The standard InChI is InChI=1S/C13H13NO2/c1-3-9-7-11(13(15)16)10-6-4-5-8(2)12(10)14-9/h4-7H,3H2,1-2H3,(H,15,16). The Hall–Kier alpha value is -1.90. The van der Waals surface area contributed by atoms with Crippen LogP contribution >= 0.6 is 0 Å². The molecule has 1 aromatic carbocycles. The zero-order valence-corrected chi connectivity index (χ0v) is 9.32. The Morgan fingerprint density at radius 1 is 1.44 bits per heavy atom. The van der Waals surface area contributed by atoms with Crippen molar-refractivity contribution in [2.45, 2.75) is 20.3 Å². The van der Waals surface area contributed by atoms with Gasteiger partial charge in [-0.3, -0.25) is 4.98 Å². The molecule has 0 saturated carbocycles. The Bertz CT molecular complexity index is 561. The van der Waals surface area contributed by atoms with E-state index in [9.17, 15) is 4.79 Å². The molecule has 0 amide bonds. The number of nitrogens with zero attached hydrogens (tertiary/aromatic N) is 1. The van der Waals surface area contributed by atoms with Crippen LogP contribution in [-0.4, -0.2) is 16.1 Å². The number of para-hydroxylation sites is 1. The van der Waals surface area contributed by atoms with Gasteiger partial charge in [0.25, 0.3) is 0 Å². The first-order valence-corrected chi connectivity index (χ1v) is 5.26. The van der Waals surface area contributed by atoms with E-state index >= 15 is 0 Å². The van der Waals surface area contributed by atoms with E-state index < -0.39 is 5.97 Å². The maximum Gasteiger partial charge on any atom is 0.336 e. The molecule has 0 bridgehead atoms. The largest absolute Gasteiger partial charge is 0.478 e. The fourth-order valence-corrected chi connectivity index (χ4v) is 1.80. The van der Waals surface area contributed by atoms with Gasteiger partial charge in [0.05, 0.1) is 11.1 Å². The molecule has 0 unspecified atom stereocenters. The summed E-state index contributed by atoms with van der Waals surface area (Å²) >= 11 is 0. The first-order chi connectivity index (χ1) is 7.63. The summed E-state index contributed by atoms with van der Waals surface area (Å²) in [6.45, 7) is 3.92. The molecule has 1 aromatic heterocycles. The molecule has 3 nitrogen and oxygen atoms in total. The van der Waals surface area contributed by atoms with Crippen molar-refractivity contribution in [3.8, 4) is 0 Å². The Balaban J connectivity index is 2.87. The zero-order valence-electron chi connectivity index (χ0n) is 9.32. The number of hydrogen-bond acceptors (Lipinski definition) is 2. The van der Waals surface area contributed by atoms with E-state index in [1.54, 1.807) is 12.1 Å². The van der Waals surface area contributed by atoms with Crippen molar-refractivity contribution in [2.24, 2.45) is 0 Å². The number of rotatable bonds is 2. The van der Waals surface area contributed by atoms with E-state index in [2.05, 4.69) is 4.98 Å². The molecule has 1 heterocycles. The van der Waals surface area contributed by atoms with Crippen molar-refractivity contribution in [3.05, 3.63) is 41.1 Å². The van der Waals surface area contributed by atoms with Gasteiger partial charge in [-0.25, -0.2) is 4.79 Å². The molecule has 0 fully saturated rings. The van der Waals surface area contributed by atoms with Gasteiger partial charge in [0.1, 0.15) is 0 Å². The second kappa shape index (κ2) is 3.93. The van der Waals surface area contributed by atoms with Crippen LogP contribution in [0.4, 0.5) is 0 Å². The number of carbonyl (C=O) groups is 1. The van der Waals surface area contributed by atoms with Gasteiger partial charge in [0.2, 0.25) is 0 Å². The lowest BCUT2D eigenvalue weighted by Gasteiger charge is -2.07. The van der Waals surface area contributed by atoms with Gasteiger partial charge in [0, 0.05) is 11.1 Å². The quantitative estimate of drug-likeness (QED) is 0.838. The minimum Gasteiger partial charge on any atom is -0.478 e. The third kappa shape index (κ3) is 1.65. The van der Waals surface area contributed by atoms with Crippen LogP contribution in [0.25, 0.3) is 10.9 Å². The predicted molar refractivity (Wildman–Crippen MR) is 62.8 cm³/mol. The number of aryl methyl sites for hydroxylation is 2. The second-order valence-corrected chi connectivity index (χ2v) is 3.79. The molecular formula is C13H13NO2. The molecule has 1 N–H and O–H groups in total. The average Bonchev–Trinajstić information content (AvgIpc) is 2.28. The lowest BCUT2D eigenvalue weighted by atomic mass is 10.0. The number of benzene rings is 1. The topological polar surface area (TPSA) is 50.2 Å². The summed E-state index contributed by atoms with van der Waals surface area (Å²) in [5.74, 6) is -0.896. The van der Waals surface area contributed by atoms with Crippen molar-refractivity contribution < 1.29 is 9.90 Å². The summed E-state index contributed by atoms with van der Waals surface area (Å²) in [6.07, 6.45) is 0.741. The minimum absolute atomic E-state index is 0.338. The van der Waals surface area contributed by atoms with Crippen molar-refractivity contribution in [1.29, 1.82) is 0 Å². The molecule has 0 aliphatic rings. The molecule has 2 rings (SSSR count). The van der Waals surface area contributed by atoms with Gasteiger partial charge in [-0.1, -0.05) is 25.1 Å². The summed E-state index contributed by atoms with van der Waals surface area (Å²) in [5.41, 5.74) is 2.96. The first-order valence-electron chi connectivity index (χ1n) is 5.26. The van der Waals surface area contributed by atoms with Crippen LogP contribution in [0.2, 0.25) is 0 Å². The highest BCUT2D eigenvalue weighted by molar-refractivity contribution is 6.03. The molecule has 0 aliphatic heterocycles. The highest BCUT2D eigenvalue weighted by atomic mass is 16.4. The van der Waals surface area contributed by atoms with Gasteiger partial charge in [-0.05, 0) is 25.0 Å². The summed E-state index contributed by atoms with van der Waals surface area (Å²) in [7, 11) is 0. The normalized spacial score (nSPS) is 10.6. The molecule has 0 spiro atoms. The molecule has 2 aromatic rings. The smallest absolute Gasteiger partial charge is 0.336 e. The van der Waals surface area contributed by atoms with Gasteiger partial charge in [0.15, 0.2) is 0 Å². The Labute approximate surface area is 93.7 Å². The van der Waals surface area contributed by atoms with E-state index in [0.717, 1.165) is 23.2 Å². The Morgan fingerprint density at radius 2 is 2.19 bits per heavy atom. The van der Waals surface area contributed by atoms with Crippen LogP contribution in [0, 0.1) is 6.92 Å². The lowest BCUT2D eigenvalue weighted by molar-refractivity contribution is 0.0699. The number of fused-ring (bicyclic) bond motifs is 1. The van der Waals surface area contributed by atoms with Crippen molar-refractivity contribution in [2.75, 3.05) is 0 Å². The Kier molecular flexibility index (Phi) is 2.60. The maximum atomic E-state index is 11.2. The monoisotopic (exact) mass is 215 g/mol. The summed E-state index contributed by atoms with van der Waals surface area (Å²) in [5, 5.41) is 9.88. The summed E-state index contributed by atoms with van der Waals surface area (Å²) in [6, 6.07) is 7.26. The van der Waals surface area contributed by atoms with Crippen molar-refractivity contribution >= 4 is 16.9 Å². The van der Waals surface area contributed by atoms with E-state index in [1.807, 2.05) is 26.0 Å². The van der Waals surface area contributed by atoms with Crippen LogP contribution in [-0.2, 0) is 6.42 Å². The molecule has 16 heavy (non-hydrogen) atoms. The highest BCUT2D eigenvalue weighted by Crippen LogP contribution is 2.21. The van der Waals surface area contributed by atoms with Gasteiger partial charge in [-0.2, -0.15) is 0 Å². The van der Waals surface area contributed by atoms with Crippen LogP contribution < -0.4 is 0 Å². The number of pyridine rings is 1. The predicted octanol–water partition coefficient (Wildman–Crippen LogP) is 2.80. The maximum absolute atomic E-state index is 11.2. The highest BCUT2D eigenvalue weighted by Gasteiger charge is 2.11. The lowest BCUT2D eigenvalue weighted by Crippen LogP contribution is -2.02. The number of carboxylic acid groups (broad SMARTS) is 1. The SMILES string of the molecule is CCc1cc(C(=O)O)c2cccc(C)c2n1. The van der Waals surface area contributed by atoms with E-state index in [1.165, 1.54) is 0 Å². The Morgan fingerprint density at radius 3 is 2.81 bits per heavy atom. The molecule has 0 aliphatic carbocycles. The fraction of sp³-hybridized carbons (Fsp3) is 0.231. The third-order valence-electron chi connectivity index (χ3n) is 2.69. The summed E-state index contributed by atoms with van der Waals surface area (Å²) < 4.78 is 0. The molecule has 3 heteroatoms. The van der Waals surface area contributed by atoms with Crippen LogP contribution in [0.1, 0.15) is 28.5 Å². The van der Waals surface area contributed by atoms with Gasteiger partial charge in [-0.15, -0.1) is 0 Å². The van der Waals surface area contributed by atoms with Gasteiger partial charge < -0.3 is 5.11 Å². The van der Waals surface area contributed by atoms with E-state index in [4.69, 9.17) is 5.11 Å². The fourth-order valence-electron chi connectivity index (χ4n) is 1.80. The van der Waals surface area contributed by atoms with Crippen molar-refractivity contribution in [3.63, 3.8) is 0 Å². The molecule has 0 radical (unpaired) electrons. The zero-order chi connectivity index (χ0) is 11.7. The molecule has 82 valence electrons. The number of hydrogen-bond donors (Lipinski definition) is 1. The molecule has 0 saturated heterocycles. The average molecular weight is 215 g/mol. The minimum atomic E-state index is -0.896. The summed E-state index contributed by atoms with van der Waals surface area (Å²) in [4.78, 5) is 15.6. The van der Waals surface area contributed by atoms with Crippen LogP contribution in [0.5, 0.6) is 0 Å². The second-order valence-electron chi connectivity index (χ2n) is 3.79. The third-order valence-corrected chi connectivity index (χ3v) is 2.69. The molecule has 0 atom stereocenters. The van der Waals surface area contributed by atoms with Crippen molar-refractivity contribution in [1.82, 2.24) is 4.98 Å².